The van der Waals surface area contributed by atoms with Crippen molar-refractivity contribution in [3.05, 3.63) is 16.1 Å². The fourth-order valence-corrected chi connectivity index (χ4v) is 2.60. The molecule has 0 radical (unpaired) electrons. The molecule has 2 rings (SSSR count). The summed E-state index contributed by atoms with van der Waals surface area (Å²) in [5.74, 6) is 0. The molecule has 14 heavy (non-hydrogen) atoms. The lowest BCUT2D eigenvalue weighted by atomic mass is 9.91. The summed E-state index contributed by atoms with van der Waals surface area (Å²) in [5, 5.41) is 13.0. The van der Waals surface area contributed by atoms with E-state index >= 15 is 0 Å². The van der Waals surface area contributed by atoms with Gasteiger partial charge in [-0.05, 0) is 13.3 Å². The van der Waals surface area contributed by atoms with Crippen molar-refractivity contribution in [3.8, 4) is 0 Å². The van der Waals surface area contributed by atoms with Crippen molar-refractivity contribution in [1.29, 1.82) is 0 Å². The minimum absolute atomic E-state index is 0.424. The molecule has 0 bridgehead atoms. The molecule has 0 saturated carbocycles. The summed E-state index contributed by atoms with van der Waals surface area (Å²) in [6, 6.07) is 0. The number of β-amino-alcohol motifs (C(OH)–C–C–N with tert-alkyl or cyclic N) is 1. The highest BCUT2D eigenvalue weighted by Crippen LogP contribution is 2.26. The van der Waals surface area contributed by atoms with Crippen LogP contribution in [0.1, 0.15) is 24.0 Å². The molecular weight excluding hydrogens is 196 g/mol. The SMILES string of the molecule is CCC1(O)CN(Cc2nc(C)cs2)C1. The van der Waals surface area contributed by atoms with Gasteiger partial charge in [0.1, 0.15) is 5.01 Å². The summed E-state index contributed by atoms with van der Waals surface area (Å²) in [5.41, 5.74) is 0.669. The summed E-state index contributed by atoms with van der Waals surface area (Å²) in [6.07, 6.45) is 0.848. The molecule has 0 aliphatic carbocycles. The van der Waals surface area contributed by atoms with Crippen LogP contribution in [0.2, 0.25) is 0 Å². The number of aliphatic hydroxyl groups is 1. The van der Waals surface area contributed by atoms with E-state index in [4.69, 9.17) is 0 Å². The third kappa shape index (κ3) is 1.97. The first kappa shape index (κ1) is 10.1. The van der Waals surface area contributed by atoms with Crippen LogP contribution >= 0.6 is 11.3 Å². The Kier molecular flexibility index (Phi) is 2.60. The molecule has 0 unspecified atom stereocenters. The van der Waals surface area contributed by atoms with Crippen LogP contribution in [0, 0.1) is 6.92 Å². The lowest BCUT2D eigenvalue weighted by Crippen LogP contribution is -2.60. The Morgan fingerprint density at radius 1 is 1.64 bits per heavy atom. The number of nitrogens with zero attached hydrogens (tertiary/aromatic N) is 2. The van der Waals surface area contributed by atoms with Gasteiger partial charge in [0.05, 0.1) is 12.1 Å². The second-order valence-corrected chi connectivity index (χ2v) is 5.05. The van der Waals surface area contributed by atoms with Crippen LogP contribution in [0.15, 0.2) is 5.38 Å². The average molecular weight is 212 g/mol. The van der Waals surface area contributed by atoms with E-state index in [0.717, 1.165) is 36.8 Å². The van der Waals surface area contributed by atoms with Crippen molar-refractivity contribution in [1.82, 2.24) is 9.88 Å². The quantitative estimate of drug-likeness (QED) is 0.823. The van der Waals surface area contributed by atoms with Crippen molar-refractivity contribution in [2.45, 2.75) is 32.4 Å². The first-order valence-electron chi connectivity index (χ1n) is 4.97. The fraction of sp³-hybridized carbons (Fsp3) is 0.700. The van der Waals surface area contributed by atoms with Gasteiger partial charge in [0, 0.05) is 24.2 Å². The summed E-state index contributed by atoms with van der Waals surface area (Å²) in [4.78, 5) is 6.64. The van der Waals surface area contributed by atoms with Gasteiger partial charge in [-0.1, -0.05) is 6.92 Å². The number of hydrogen-bond donors (Lipinski definition) is 1. The molecule has 0 atom stereocenters. The van der Waals surface area contributed by atoms with Gasteiger partial charge in [0.2, 0.25) is 0 Å². The Labute approximate surface area is 88.4 Å². The summed E-state index contributed by atoms with van der Waals surface area (Å²) in [6.45, 7) is 6.52. The summed E-state index contributed by atoms with van der Waals surface area (Å²) >= 11 is 1.70. The van der Waals surface area contributed by atoms with E-state index in [1.54, 1.807) is 11.3 Å². The Balaban J connectivity index is 1.85. The van der Waals surface area contributed by atoms with Crippen molar-refractivity contribution >= 4 is 11.3 Å². The second-order valence-electron chi connectivity index (χ2n) is 4.11. The van der Waals surface area contributed by atoms with Crippen LogP contribution in [0.3, 0.4) is 0 Å². The number of thiazole rings is 1. The van der Waals surface area contributed by atoms with Gasteiger partial charge in [-0.3, -0.25) is 4.90 Å². The van der Waals surface area contributed by atoms with E-state index in [2.05, 4.69) is 15.3 Å². The molecule has 0 spiro atoms. The maximum Gasteiger partial charge on any atom is 0.107 e. The highest BCUT2D eigenvalue weighted by molar-refractivity contribution is 7.09. The first-order chi connectivity index (χ1) is 6.61. The zero-order chi connectivity index (χ0) is 10.2. The fourth-order valence-electron chi connectivity index (χ4n) is 1.79. The first-order valence-corrected chi connectivity index (χ1v) is 5.85. The minimum Gasteiger partial charge on any atom is -0.387 e. The van der Waals surface area contributed by atoms with Gasteiger partial charge in [0.15, 0.2) is 0 Å². The zero-order valence-electron chi connectivity index (χ0n) is 8.66. The van der Waals surface area contributed by atoms with Crippen LogP contribution in [-0.2, 0) is 6.54 Å². The van der Waals surface area contributed by atoms with Crippen LogP contribution in [-0.4, -0.2) is 33.7 Å². The Hall–Kier alpha value is -0.450. The molecular formula is C10H16N2OS. The molecule has 0 amide bonds. The van der Waals surface area contributed by atoms with Gasteiger partial charge in [-0.2, -0.15) is 0 Å². The Bertz CT molecular complexity index is 318. The zero-order valence-corrected chi connectivity index (χ0v) is 9.47. The van der Waals surface area contributed by atoms with Gasteiger partial charge in [-0.25, -0.2) is 4.98 Å². The number of likely N-dealkylation sites (tertiary alicyclic amines) is 1. The van der Waals surface area contributed by atoms with Crippen LogP contribution in [0.5, 0.6) is 0 Å². The van der Waals surface area contributed by atoms with Crippen molar-refractivity contribution in [2.75, 3.05) is 13.1 Å². The van der Waals surface area contributed by atoms with E-state index in [1.807, 2.05) is 13.8 Å². The molecule has 1 N–H and O–H groups in total. The predicted octanol–water partition coefficient (Wildman–Crippen LogP) is 1.41. The number of hydrogen-bond acceptors (Lipinski definition) is 4. The minimum atomic E-state index is -0.424. The number of aromatic nitrogens is 1. The molecule has 4 heteroatoms. The lowest BCUT2D eigenvalue weighted by Gasteiger charge is -2.45. The molecule has 3 nitrogen and oxygen atoms in total. The lowest BCUT2D eigenvalue weighted by molar-refractivity contribution is -0.103. The Morgan fingerprint density at radius 3 is 2.86 bits per heavy atom. The molecule has 1 aliphatic rings. The number of rotatable bonds is 3. The standard InChI is InChI=1S/C10H16N2OS/c1-3-10(13)6-12(7-10)4-9-11-8(2)5-14-9/h5,13H,3-4,6-7H2,1-2H3. The van der Waals surface area contributed by atoms with Crippen LogP contribution < -0.4 is 0 Å². The van der Waals surface area contributed by atoms with E-state index in [9.17, 15) is 5.11 Å². The van der Waals surface area contributed by atoms with Gasteiger partial charge in [-0.15, -0.1) is 11.3 Å². The van der Waals surface area contributed by atoms with E-state index in [1.165, 1.54) is 0 Å². The molecule has 1 aromatic heterocycles. The Morgan fingerprint density at radius 2 is 2.36 bits per heavy atom. The van der Waals surface area contributed by atoms with Gasteiger partial charge in [0.25, 0.3) is 0 Å². The van der Waals surface area contributed by atoms with Gasteiger partial charge >= 0.3 is 0 Å². The maximum absolute atomic E-state index is 9.81. The maximum atomic E-state index is 9.81. The third-order valence-corrected chi connectivity index (χ3v) is 3.67. The molecule has 1 fully saturated rings. The van der Waals surface area contributed by atoms with Crippen LogP contribution in [0.4, 0.5) is 0 Å². The van der Waals surface area contributed by atoms with E-state index < -0.39 is 5.60 Å². The van der Waals surface area contributed by atoms with Crippen molar-refractivity contribution < 1.29 is 5.11 Å². The molecule has 1 aromatic rings. The normalized spacial score (nSPS) is 20.8. The molecule has 2 heterocycles. The monoisotopic (exact) mass is 212 g/mol. The summed E-state index contributed by atoms with van der Waals surface area (Å²) in [7, 11) is 0. The third-order valence-electron chi connectivity index (χ3n) is 2.72. The van der Waals surface area contributed by atoms with E-state index in [-0.39, 0.29) is 0 Å². The largest absolute Gasteiger partial charge is 0.387 e. The van der Waals surface area contributed by atoms with E-state index in [0.29, 0.717) is 0 Å². The van der Waals surface area contributed by atoms with Gasteiger partial charge < -0.3 is 5.11 Å². The average Bonchev–Trinajstić information content (AvgIpc) is 2.48. The van der Waals surface area contributed by atoms with Crippen LogP contribution in [0.25, 0.3) is 0 Å². The van der Waals surface area contributed by atoms with Crippen molar-refractivity contribution in [3.63, 3.8) is 0 Å². The summed E-state index contributed by atoms with van der Waals surface area (Å²) < 4.78 is 0. The molecule has 1 aliphatic heterocycles. The smallest absolute Gasteiger partial charge is 0.107 e. The second kappa shape index (κ2) is 3.61. The molecule has 1 saturated heterocycles. The predicted molar refractivity (Wildman–Crippen MR) is 57.4 cm³/mol. The topological polar surface area (TPSA) is 36.4 Å². The molecule has 78 valence electrons. The number of aryl methyl sites for hydroxylation is 1. The highest BCUT2D eigenvalue weighted by Gasteiger charge is 2.39. The highest BCUT2D eigenvalue weighted by atomic mass is 32.1. The van der Waals surface area contributed by atoms with Crippen molar-refractivity contribution in [2.24, 2.45) is 0 Å². The molecule has 0 aromatic carbocycles.